The number of rotatable bonds is 6. The monoisotopic (exact) mass is 876 g/mol. The van der Waals surface area contributed by atoms with Crippen LogP contribution < -0.4 is 0 Å². The molecule has 0 aromatic heterocycles. The Morgan fingerprint density at radius 3 is 1.76 bits per heavy atom. The molecular formula is C29H36I3N2O2V. The van der Waals surface area contributed by atoms with Crippen LogP contribution in [-0.2, 0) is 35.4 Å². The van der Waals surface area contributed by atoms with E-state index < -0.39 is 0 Å². The Hall–Kier alpha value is -0.176. The first kappa shape index (κ1) is 34.9. The summed E-state index contributed by atoms with van der Waals surface area (Å²) in [7, 11) is 0. The average molecular weight is 876 g/mol. The predicted molar refractivity (Wildman–Crippen MR) is 174 cm³/mol. The zero-order chi connectivity index (χ0) is 26.7. The van der Waals surface area contributed by atoms with Crippen molar-refractivity contribution >= 4 is 66.2 Å². The Bertz CT molecular complexity index is 1120. The zero-order valence-corrected chi connectivity index (χ0v) is 28.6. The fraction of sp³-hybridized carbons (Fsp3) is 0.483. The molecule has 1 N–H and O–H groups in total. The number of aliphatic hydroxyl groups is 1. The molecule has 0 saturated carbocycles. The topological polar surface area (TPSA) is 84.9 Å². The van der Waals surface area contributed by atoms with Crippen molar-refractivity contribution in [2.24, 2.45) is 0 Å². The van der Waals surface area contributed by atoms with Gasteiger partial charge in [0, 0.05) is 25.9 Å². The third-order valence-corrected chi connectivity index (χ3v) is 7.03. The number of carbonyl (C=O) groups excluding carboxylic acids is 1. The molecule has 0 radical (unpaired) electrons. The summed E-state index contributed by atoms with van der Waals surface area (Å²) in [6.45, 7) is 4.32. The third-order valence-electron chi connectivity index (χ3n) is 7.03. The fourth-order valence-electron chi connectivity index (χ4n) is 5.47. The van der Waals surface area contributed by atoms with Crippen LogP contribution in [0.5, 0.6) is 0 Å². The van der Waals surface area contributed by atoms with Crippen molar-refractivity contribution in [3.05, 3.63) is 68.8 Å². The Morgan fingerprint density at radius 1 is 0.919 bits per heavy atom. The summed E-state index contributed by atoms with van der Waals surface area (Å²) in [5.74, 6) is 0.733. The fourth-order valence-corrected chi connectivity index (χ4v) is 5.47. The Kier molecular flexibility index (Phi) is 17.2. The number of hydrogen-bond acceptors (Lipinski definition) is 4. The predicted octanol–water partition coefficient (Wildman–Crippen LogP) is 8.44. The van der Waals surface area contributed by atoms with E-state index in [0.717, 1.165) is 44.0 Å². The number of nitrogens with zero attached hydrogens (tertiary/aromatic N) is 2. The summed E-state index contributed by atoms with van der Waals surface area (Å²) in [6, 6.07) is 13.1. The average Bonchev–Trinajstić information content (AvgIpc) is 3.43. The third kappa shape index (κ3) is 10.1. The molecule has 4 nitrogen and oxygen atoms in total. The van der Waals surface area contributed by atoms with E-state index in [1.165, 1.54) is 38.9 Å². The number of hydrogen-bond donors (Lipinski definition) is 1. The van der Waals surface area contributed by atoms with Gasteiger partial charge >= 0.3 is 64.9 Å². The number of aliphatic hydroxyl groups excluding tert-OH is 1. The van der Waals surface area contributed by atoms with E-state index in [1.807, 2.05) is 6.92 Å². The van der Waals surface area contributed by atoms with Crippen LogP contribution >= 0.6 is 59.9 Å². The second-order valence-corrected chi connectivity index (χ2v) is 44.5. The Morgan fingerprint density at radius 2 is 1.35 bits per heavy atom. The molecule has 0 saturated heterocycles. The van der Waals surface area contributed by atoms with E-state index in [9.17, 15) is 4.79 Å². The van der Waals surface area contributed by atoms with Gasteiger partial charge in [0.2, 0.25) is 0 Å². The maximum atomic E-state index is 10.7. The van der Waals surface area contributed by atoms with Crippen molar-refractivity contribution in [3.8, 4) is 12.1 Å². The summed E-state index contributed by atoms with van der Waals surface area (Å²) in [6.07, 6.45) is 7.62. The Labute approximate surface area is 260 Å². The van der Waals surface area contributed by atoms with Gasteiger partial charge < -0.3 is 9.90 Å². The van der Waals surface area contributed by atoms with Crippen molar-refractivity contribution < 1.29 is 14.8 Å². The van der Waals surface area contributed by atoms with Gasteiger partial charge in [0.15, 0.2) is 0 Å². The van der Waals surface area contributed by atoms with Crippen molar-refractivity contribution in [2.45, 2.75) is 84.5 Å². The molecule has 0 aliphatic heterocycles. The molecule has 2 atom stereocenters. The van der Waals surface area contributed by atoms with Gasteiger partial charge in [-0.1, -0.05) is 31.7 Å². The minimum atomic E-state index is -0.278. The van der Waals surface area contributed by atoms with E-state index in [2.05, 4.69) is 103 Å². The van der Waals surface area contributed by atoms with Crippen LogP contribution in [0.25, 0.3) is 0 Å². The summed E-state index contributed by atoms with van der Waals surface area (Å²) >= 11 is 7.39. The molecule has 8 heteroatoms. The molecule has 2 aliphatic carbocycles. The van der Waals surface area contributed by atoms with Gasteiger partial charge in [-0.05, 0) is 102 Å². The van der Waals surface area contributed by atoms with Gasteiger partial charge in [0.05, 0.1) is 12.1 Å². The zero-order valence-electron chi connectivity index (χ0n) is 20.7. The minimum absolute atomic E-state index is 0. The number of aryl methyl sites for hydroxylation is 4. The molecule has 0 spiro atoms. The van der Waals surface area contributed by atoms with Crippen molar-refractivity contribution in [3.63, 3.8) is 0 Å². The SMILES string of the molecule is C.Cc1ccc2c(c1CC=O)[C@H](CC#N)CC2.Cc1ccc2c(c1CCO)[C@H](CC#N)CC2.[I][V]([I])[I]. The van der Waals surface area contributed by atoms with E-state index in [0.29, 0.717) is 31.1 Å². The van der Waals surface area contributed by atoms with Gasteiger partial charge in [-0.25, -0.2) is 0 Å². The quantitative estimate of drug-likeness (QED) is 0.234. The van der Waals surface area contributed by atoms with Crippen molar-refractivity contribution in [1.29, 1.82) is 10.5 Å². The van der Waals surface area contributed by atoms with Crippen LogP contribution in [0.2, 0.25) is 0 Å². The molecule has 0 heterocycles. The van der Waals surface area contributed by atoms with Gasteiger partial charge in [-0.2, -0.15) is 10.5 Å². The normalized spacial score (nSPS) is 16.6. The first-order chi connectivity index (χ1) is 17.3. The number of nitriles is 2. The van der Waals surface area contributed by atoms with E-state index in [-0.39, 0.29) is 19.0 Å². The number of carbonyl (C=O) groups is 1. The summed E-state index contributed by atoms with van der Waals surface area (Å²) in [5.41, 5.74) is 10.2. The van der Waals surface area contributed by atoms with E-state index >= 15 is 0 Å². The number of halogens is 3. The molecule has 2 aromatic carbocycles. The van der Waals surface area contributed by atoms with Gasteiger partial charge in [-0.3, -0.25) is 0 Å². The second-order valence-electron chi connectivity index (χ2n) is 9.10. The molecule has 37 heavy (non-hydrogen) atoms. The molecule has 4 rings (SSSR count). The molecule has 200 valence electrons. The van der Waals surface area contributed by atoms with Crippen LogP contribution in [-0.4, -0.2) is 18.0 Å². The van der Waals surface area contributed by atoms with Crippen LogP contribution in [0.15, 0.2) is 24.3 Å². The molecule has 2 aromatic rings. The standard InChI is InChI=1S/C14H17NO.C14H15NO.CH4.3HI.V/c2*1-10-2-3-11-4-5-12(6-8-15)14(11)13(10)7-9-16;;;;;/h2-3,12,16H,4-7,9H2,1H3;2-3,9,12H,4-7H2,1H3;1H4;3*1H;/q;;;;;;+3/p-3/t2*12-;;;;;/m00...../s1. The van der Waals surface area contributed by atoms with Crippen molar-refractivity contribution in [2.75, 3.05) is 6.61 Å². The van der Waals surface area contributed by atoms with Gasteiger partial charge in [0.1, 0.15) is 6.29 Å². The first-order valence-corrected chi connectivity index (χ1v) is 25.6. The molecule has 2 aliphatic rings. The van der Waals surface area contributed by atoms with Crippen LogP contribution in [0.1, 0.15) is 89.5 Å². The summed E-state index contributed by atoms with van der Waals surface area (Å²) < 4.78 is 0. The molecule has 0 unspecified atom stereocenters. The number of fused-ring (bicyclic) bond motifs is 2. The summed E-state index contributed by atoms with van der Waals surface area (Å²) in [5, 5.41) is 26.8. The number of aldehydes is 1. The molecule has 0 bridgehead atoms. The van der Waals surface area contributed by atoms with E-state index in [1.54, 1.807) is 0 Å². The van der Waals surface area contributed by atoms with Crippen LogP contribution in [0, 0.1) is 36.5 Å². The first-order valence-electron chi connectivity index (χ1n) is 12.1. The van der Waals surface area contributed by atoms with Crippen LogP contribution in [0.3, 0.4) is 0 Å². The van der Waals surface area contributed by atoms with Crippen LogP contribution in [0.4, 0.5) is 0 Å². The van der Waals surface area contributed by atoms with Gasteiger partial charge in [-0.15, -0.1) is 0 Å². The molecule has 0 amide bonds. The molecule has 0 fully saturated rings. The number of benzene rings is 2. The Balaban J connectivity index is 0.000000316. The van der Waals surface area contributed by atoms with Crippen molar-refractivity contribution in [1.82, 2.24) is 0 Å². The molecular weight excluding hydrogens is 840 g/mol. The summed E-state index contributed by atoms with van der Waals surface area (Å²) in [4.78, 5) is 10.4. The van der Waals surface area contributed by atoms with E-state index in [4.69, 9.17) is 15.6 Å². The maximum absolute atomic E-state index is 10.7. The van der Waals surface area contributed by atoms with Gasteiger partial charge in [0.25, 0.3) is 0 Å². The second kappa shape index (κ2) is 18.2.